The van der Waals surface area contributed by atoms with Crippen molar-refractivity contribution in [2.75, 3.05) is 6.61 Å². The Morgan fingerprint density at radius 3 is 2.70 bits per heavy atom. The van der Waals surface area contributed by atoms with Crippen LogP contribution in [0.5, 0.6) is 0 Å². The number of hydrogen-bond donors (Lipinski definition) is 0. The van der Waals surface area contributed by atoms with E-state index in [1.165, 1.54) is 16.9 Å². The van der Waals surface area contributed by atoms with E-state index < -0.39 is 0 Å². The molecule has 0 fully saturated rings. The van der Waals surface area contributed by atoms with Crippen LogP contribution in [0.15, 0.2) is 24.5 Å². The second-order valence-corrected chi connectivity index (χ2v) is 7.01. The summed E-state index contributed by atoms with van der Waals surface area (Å²) in [7, 11) is 0. The fraction of sp³-hybridized carbons (Fsp3) is 0.444. The van der Waals surface area contributed by atoms with Crippen LogP contribution in [0.1, 0.15) is 53.4 Å². The van der Waals surface area contributed by atoms with Gasteiger partial charge in [0.15, 0.2) is 0 Å². The Hall–Kier alpha value is -1.88. The fourth-order valence-electron chi connectivity index (χ4n) is 2.97. The van der Waals surface area contributed by atoms with Crippen LogP contribution in [0.2, 0.25) is 0 Å². The van der Waals surface area contributed by atoms with Crippen LogP contribution in [0.25, 0.3) is 5.00 Å². The lowest BCUT2D eigenvalue weighted by Gasteiger charge is -2.12. The van der Waals surface area contributed by atoms with E-state index >= 15 is 0 Å². The van der Waals surface area contributed by atoms with Gasteiger partial charge < -0.3 is 14.1 Å². The number of hydrogen-bond acceptors (Lipinski definition) is 4. The van der Waals surface area contributed by atoms with E-state index in [2.05, 4.69) is 0 Å². The molecule has 0 saturated carbocycles. The Balaban J connectivity index is 1.83. The average molecular weight is 331 g/mol. The van der Waals surface area contributed by atoms with Gasteiger partial charge in [-0.15, -0.1) is 11.3 Å². The third kappa shape index (κ3) is 3.55. The molecule has 2 aromatic rings. The second kappa shape index (κ2) is 7.13. The van der Waals surface area contributed by atoms with Crippen LogP contribution < -0.4 is 0 Å². The molecule has 0 N–H and O–H groups in total. The summed E-state index contributed by atoms with van der Waals surface area (Å²) in [6, 6.07) is 3.92. The number of esters is 1. The quantitative estimate of drug-likeness (QED) is 0.595. The van der Waals surface area contributed by atoms with E-state index in [4.69, 9.17) is 4.74 Å². The summed E-state index contributed by atoms with van der Waals surface area (Å²) in [5, 5.41) is 0.957. The molecule has 0 bridgehead atoms. The summed E-state index contributed by atoms with van der Waals surface area (Å²) in [6.07, 6.45) is 9.28. The molecule has 0 atom stereocenters. The molecule has 0 amide bonds. The molecule has 1 aliphatic rings. The number of aromatic nitrogens is 1. The number of Topliss-reactive ketones (excluding diaryl/α,β-unsaturated/α-hetero) is 1. The summed E-state index contributed by atoms with van der Waals surface area (Å²) in [5.74, 6) is -0.126. The SMILES string of the molecule is CC(=O)CCCOC(=O)c1c(-n2cccc2)sc2c1CCCC2. The van der Waals surface area contributed by atoms with Gasteiger partial charge in [0.2, 0.25) is 0 Å². The van der Waals surface area contributed by atoms with E-state index in [1.807, 2.05) is 29.1 Å². The fourth-order valence-corrected chi connectivity index (χ4v) is 4.31. The number of rotatable bonds is 6. The van der Waals surface area contributed by atoms with Gasteiger partial charge in [-0.1, -0.05) is 0 Å². The van der Waals surface area contributed by atoms with Gasteiger partial charge in [-0.25, -0.2) is 4.79 Å². The monoisotopic (exact) mass is 331 g/mol. The molecule has 23 heavy (non-hydrogen) atoms. The van der Waals surface area contributed by atoms with Crippen LogP contribution in [0.4, 0.5) is 0 Å². The van der Waals surface area contributed by atoms with E-state index in [0.717, 1.165) is 29.8 Å². The molecule has 0 spiro atoms. The first-order chi connectivity index (χ1) is 11.2. The van der Waals surface area contributed by atoms with Crippen molar-refractivity contribution in [3.05, 3.63) is 40.5 Å². The minimum Gasteiger partial charge on any atom is -0.462 e. The van der Waals surface area contributed by atoms with Crippen molar-refractivity contribution in [2.45, 2.75) is 45.4 Å². The minimum atomic E-state index is -0.253. The summed E-state index contributed by atoms with van der Waals surface area (Å²) in [5.41, 5.74) is 1.89. The van der Waals surface area contributed by atoms with Crippen molar-refractivity contribution in [2.24, 2.45) is 0 Å². The van der Waals surface area contributed by atoms with Gasteiger partial charge in [0.1, 0.15) is 10.8 Å². The minimum absolute atomic E-state index is 0.127. The first kappa shape index (κ1) is 16.0. The highest BCUT2D eigenvalue weighted by Crippen LogP contribution is 2.37. The molecule has 5 heteroatoms. The number of ketones is 1. The van der Waals surface area contributed by atoms with Crippen molar-refractivity contribution in [3.63, 3.8) is 0 Å². The molecule has 122 valence electrons. The molecule has 0 unspecified atom stereocenters. The zero-order chi connectivity index (χ0) is 16.2. The van der Waals surface area contributed by atoms with Crippen molar-refractivity contribution in [1.29, 1.82) is 0 Å². The van der Waals surface area contributed by atoms with Crippen LogP contribution >= 0.6 is 11.3 Å². The Morgan fingerprint density at radius 2 is 1.96 bits per heavy atom. The highest BCUT2D eigenvalue weighted by molar-refractivity contribution is 7.15. The molecule has 0 saturated heterocycles. The summed E-state index contributed by atoms with van der Waals surface area (Å²) in [6.45, 7) is 1.86. The zero-order valence-corrected chi connectivity index (χ0v) is 14.2. The summed E-state index contributed by atoms with van der Waals surface area (Å²) in [4.78, 5) is 24.9. The Bertz CT molecular complexity index is 700. The maximum Gasteiger partial charge on any atom is 0.341 e. The number of ether oxygens (including phenoxy) is 1. The molecular formula is C18H21NO3S. The maximum atomic E-state index is 12.6. The van der Waals surface area contributed by atoms with Gasteiger partial charge in [-0.3, -0.25) is 0 Å². The smallest absolute Gasteiger partial charge is 0.341 e. The van der Waals surface area contributed by atoms with Crippen molar-refractivity contribution >= 4 is 23.1 Å². The Labute approximate surface area is 140 Å². The number of carbonyl (C=O) groups is 2. The molecule has 2 heterocycles. The van der Waals surface area contributed by atoms with Crippen LogP contribution in [-0.2, 0) is 22.4 Å². The molecular weight excluding hydrogens is 310 g/mol. The topological polar surface area (TPSA) is 48.3 Å². The number of aryl methyl sites for hydroxylation is 1. The third-order valence-corrected chi connectivity index (χ3v) is 5.41. The Morgan fingerprint density at radius 1 is 1.22 bits per heavy atom. The van der Waals surface area contributed by atoms with Crippen molar-refractivity contribution < 1.29 is 14.3 Å². The molecule has 1 aliphatic carbocycles. The van der Waals surface area contributed by atoms with Crippen LogP contribution in [-0.4, -0.2) is 22.9 Å². The van der Waals surface area contributed by atoms with Gasteiger partial charge in [0, 0.05) is 23.7 Å². The lowest BCUT2D eigenvalue weighted by atomic mass is 9.95. The predicted molar refractivity (Wildman–Crippen MR) is 90.5 cm³/mol. The third-order valence-electron chi connectivity index (χ3n) is 4.10. The predicted octanol–water partition coefficient (Wildman–Crippen LogP) is 3.94. The highest BCUT2D eigenvalue weighted by Gasteiger charge is 2.27. The first-order valence-corrected chi connectivity index (χ1v) is 8.93. The molecule has 2 aromatic heterocycles. The number of fused-ring (bicyclic) bond motifs is 1. The maximum absolute atomic E-state index is 12.6. The molecule has 3 rings (SSSR count). The largest absolute Gasteiger partial charge is 0.462 e. The van der Waals surface area contributed by atoms with Gasteiger partial charge in [0.25, 0.3) is 0 Å². The Kier molecular flexibility index (Phi) is 4.96. The number of nitrogens with zero attached hydrogens (tertiary/aromatic N) is 1. The van der Waals surface area contributed by atoms with E-state index in [0.29, 0.717) is 19.4 Å². The molecule has 0 radical (unpaired) electrons. The molecule has 0 aromatic carbocycles. The van der Waals surface area contributed by atoms with Gasteiger partial charge >= 0.3 is 5.97 Å². The van der Waals surface area contributed by atoms with Crippen molar-refractivity contribution in [1.82, 2.24) is 4.57 Å². The van der Waals surface area contributed by atoms with Gasteiger partial charge in [0.05, 0.1) is 12.2 Å². The summed E-state index contributed by atoms with van der Waals surface area (Å²) < 4.78 is 7.44. The van der Waals surface area contributed by atoms with Crippen LogP contribution in [0.3, 0.4) is 0 Å². The zero-order valence-electron chi connectivity index (χ0n) is 13.3. The molecule has 4 nitrogen and oxygen atoms in total. The standard InChI is InChI=1S/C18H21NO3S/c1-13(20)7-6-12-22-18(21)16-14-8-2-3-9-15(14)23-17(16)19-10-4-5-11-19/h4-5,10-11H,2-3,6-9,12H2,1H3. The second-order valence-electron chi connectivity index (χ2n) is 5.92. The lowest BCUT2D eigenvalue weighted by molar-refractivity contribution is -0.117. The van der Waals surface area contributed by atoms with E-state index in [1.54, 1.807) is 18.3 Å². The van der Waals surface area contributed by atoms with Gasteiger partial charge in [-0.2, -0.15) is 0 Å². The lowest BCUT2D eigenvalue weighted by Crippen LogP contribution is -2.12. The summed E-state index contributed by atoms with van der Waals surface area (Å²) >= 11 is 1.70. The average Bonchev–Trinajstić information content (AvgIpc) is 3.17. The van der Waals surface area contributed by atoms with E-state index in [-0.39, 0.29) is 11.8 Å². The van der Waals surface area contributed by atoms with Gasteiger partial charge in [-0.05, 0) is 56.7 Å². The number of carbonyl (C=O) groups excluding carboxylic acids is 2. The highest BCUT2D eigenvalue weighted by atomic mass is 32.1. The van der Waals surface area contributed by atoms with Crippen LogP contribution in [0, 0.1) is 0 Å². The van der Waals surface area contributed by atoms with Crippen molar-refractivity contribution in [3.8, 4) is 5.00 Å². The van der Waals surface area contributed by atoms with E-state index in [9.17, 15) is 9.59 Å². The first-order valence-electron chi connectivity index (χ1n) is 8.11. The molecule has 0 aliphatic heterocycles. The normalized spacial score (nSPS) is 13.6. The number of thiophene rings is 1.